The Kier molecular flexibility index (Phi) is 4.03. The van der Waals surface area contributed by atoms with Gasteiger partial charge in [-0.25, -0.2) is 0 Å². The van der Waals surface area contributed by atoms with E-state index in [1.54, 1.807) is 13.3 Å². The number of hydrogen-bond donors (Lipinski definition) is 2. The summed E-state index contributed by atoms with van der Waals surface area (Å²) >= 11 is 0. The molecule has 132 valence electrons. The summed E-state index contributed by atoms with van der Waals surface area (Å²) in [6, 6.07) is 4.07. The summed E-state index contributed by atoms with van der Waals surface area (Å²) < 4.78 is 24.2. The van der Waals surface area contributed by atoms with E-state index >= 15 is 0 Å². The van der Waals surface area contributed by atoms with Crippen LogP contribution in [0.15, 0.2) is 18.3 Å². The fraction of sp³-hybridized carbons (Fsp3) is 0.389. The molecule has 0 spiro atoms. The lowest BCUT2D eigenvalue weighted by Crippen LogP contribution is -2.22. The molecule has 0 fully saturated rings. The van der Waals surface area contributed by atoms with Crippen LogP contribution in [-0.4, -0.2) is 28.4 Å². The SMILES string of the molecule is COc1c(C)cnc(CS(=O)C2Cc3cc4c(cc3O2)NCN4)c1C. The number of anilines is 2. The minimum absolute atomic E-state index is 0.342. The van der Waals surface area contributed by atoms with Crippen LogP contribution in [0.3, 0.4) is 0 Å². The Balaban J connectivity index is 1.52. The molecule has 7 heteroatoms. The highest BCUT2D eigenvalue weighted by Crippen LogP contribution is 2.39. The van der Waals surface area contributed by atoms with Gasteiger partial charge >= 0.3 is 0 Å². The lowest BCUT2D eigenvalue weighted by molar-refractivity contribution is 0.315. The van der Waals surface area contributed by atoms with Gasteiger partial charge in [0.15, 0.2) is 5.44 Å². The molecule has 2 aliphatic heterocycles. The molecule has 0 saturated heterocycles. The van der Waals surface area contributed by atoms with E-state index in [4.69, 9.17) is 9.47 Å². The summed E-state index contributed by atoms with van der Waals surface area (Å²) in [5, 5.41) is 6.52. The number of nitrogens with zero attached hydrogens (tertiary/aromatic N) is 1. The van der Waals surface area contributed by atoms with E-state index in [0.717, 1.165) is 51.9 Å². The monoisotopic (exact) mass is 359 g/mol. The first kappa shape index (κ1) is 16.2. The maximum atomic E-state index is 12.8. The van der Waals surface area contributed by atoms with Gasteiger partial charge < -0.3 is 20.1 Å². The van der Waals surface area contributed by atoms with Crippen molar-refractivity contribution in [2.75, 3.05) is 24.4 Å². The second-order valence-electron chi connectivity index (χ2n) is 6.36. The molecule has 1 aromatic carbocycles. The highest BCUT2D eigenvalue weighted by Gasteiger charge is 2.30. The average molecular weight is 359 g/mol. The van der Waals surface area contributed by atoms with Crippen LogP contribution in [-0.2, 0) is 23.0 Å². The third kappa shape index (κ3) is 2.82. The predicted molar refractivity (Wildman–Crippen MR) is 98.8 cm³/mol. The lowest BCUT2D eigenvalue weighted by Gasteiger charge is -2.14. The second-order valence-corrected chi connectivity index (χ2v) is 7.93. The number of hydrogen-bond acceptors (Lipinski definition) is 6. The Hall–Kier alpha value is -2.28. The van der Waals surface area contributed by atoms with Gasteiger partial charge in [0.05, 0.1) is 47.4 Å². The largest absolute Gasteiger partial charge is 0.496 e. The number of aromatic nitrogens is 1. The molecule has 2 unspecified atom stereocenters. The van der Waals surface area contributed by atoms with E-state index in [-0.39, 0.29) is 5.44 Å². The normalized spacial score (nSPS) is 18.6. The second kappa shape index (κ2) is 6.22. The molecular formula is C18H21N3O3S. The highest BCUT2D eigenvalue weighted by molar-refractivity contribution is 7.84. The first-order valence-electron chi connectivity index (χ1n) is 8.24. The van der Waals surface area contributed by atoms with Crippen LogP contribution >= 0.6 is 0 Å². The Labute approximate surface area is 149 Å². The summed E-state index contributed by atoms with van der Waals surface area (Å²) in [5.41, 5.74) is 5.59. The van der Waals surface area contributed by atoms with Gasteiger partial charge in [-0.1, -0.05) is 0 Å². The van der Waals surface area contributed by atoms with Crippen molar-refractivity contribution >= 4 is 22.2 Å². The molecule has 25 heavy (non-hydrogen) atoms. The van der Waals surface area contributed by atoms with Gasteiger partial charge in [-0.3, -0.25) is 9.19 Å². The molecule has 0 amide bonds. The van der Waals surface area contributed by atoms with Crippen LogP contribution in [0.1, 0.15) is 22.4 Å². The number of fused-ring (bicyclic) bond motifs is 2. The van der Waals surface area contributed by atoms with Crippen molar-refractivity contribution in [3.05, 3.63) is 40.7 Å². The van der Waals surface area contributed by atoms with Crippen LogP contribution in [0, 0.1) is 13.8 Å². The van der Waals surface area contributed by atoms with Gasteiger partial charge in [-0.2, -0.15) is 0 Å². The molecule has 0 radical (unpaired) electrons. The van der Waals surface area contributed by atoms with Gasteiger partial charge in [-0.15, -0.1) is 0 Å². The van der Waals surface area contributed by atoms with Crippen LogP contribution in [0.2, 0.25) is 0 Å². The molecule has 3 heterocycles. The number of ether oxygens (including phenoxy) is 2. The topological polar surface area (TPSA) is 72.5 Å². The minimum atomic E-state index is -1.18. The van der Waals surface area contributed by atoms with Crippen molar-refractivity contribution in [1.29, 1.82) is 0 Å². The Bertz CT molecular complexity index is 836. The Morgan fingerprint density at radius 2 is 2.08 bits per heavy atom. The van der Waals surface area contributed by atoms with Gasteiger partial charge in [0.2, 0.25) is 0 Å². The summed E-state index contributed by atoms with van der Waals surface area (Å²) in [5.74, 6) is 1.99. The number of rotatable bonds is 4. The maximum absolute atomic E-state index is 12.8. The molecule has 6 nitrogen and oxygen atoms in total. The summed E-state index contributed by atoms with van der Waals surface area (Å²) in [6.45, 7) is 4.64. The number of benzene rings is 1. The molecular weight excluding hydrogens is 338 g/mol. The summed E-state index contributed by atoms with van der Waals surface area (Å²) in [6.07, 6.45) is 2.42. The van der Waals surface area contributed by atoms with Gasteiger partial charge in [0, 0.05) is 35.4 Å². The van der Waals surface area contributed by atoms with E-state index in [2.05, 4.69) is 21.7 Å². The van der Waals surface area contributed by atoms with E-state index in [1.807, 2.05) is 19.9 Å². The quantitative estimate of drug-likeness (QED) is 0.875. The molecule has 2 N–H and O–H groups in total. The zero-order chi connectivity index (χ0) is 17.6. The van der Waals surface area contributed by atoms with Crippen LogP contribution in [0.5, 0.6) is 11.5 Å². The molecule has 4 rings (SSSR count). The van der Waals surface area contributed by atoms with Crippen LogP contribution < -0.4 is 20.1 Å². The number of nitrogens with one attached hydrogen (secondary N) is 2. The van der Waals surface area contributed by atoms with Crippen molar-refractivity contribution < 1.29 is 13.7 Å². The number of methoxy groups -OCH3 is 1. The number of aryl methyl sites for hydroxylation is 1. The first-order valence-corrected chi connectivity index (χ1v) is 9.62. The Morgan fingerprint density at radius 1 is 1.32 bits per heavy atom. The van der Waals surface area contributed by atoms with E-state index in [0.29, 0.717) is 12.2 Å². The van der Waals surface area contributed by atoms with Gasteiger partial charge in [-0.05, 0) is 19.9 Å². The molecule has 0 bridgehead atoms. The fourth-order valence-electron chi connectivity index (χ4n) is 3.37. The number of pyridine rings is 1. The average Bonchev–Trinajstić information content (AvgIpc) is 3.21. The minimum Gasteiger partial charge on any atom is -0.496 e. The van der Waals surface area contributed by atoms with Crippen molar-refractivity contribution in [2.45, 2.75) is 31.5 Å². The smallest absolute Gasteiger partial charge is 0.177 e. The third-order valence-electron chi connectivity index (χ3n) is 4.73. The molecule has 0 aliphatic carbocycles. The predicted octanol–water partition coefficient (Wildman–Crippen LogP) is 2.71. The molecule has 2 aliphatic rings. The van der Waals surface area contributed by atoms with E-state index < -0.39 is 10.8 Å². The molecule has 0 saturated carbocycles. The molecule has 2 aromatic rings. The van der Waals surface area contributed by atoms with Crippen molar-refractivity contribution in [2.24, 2.45) is 0 Å². The zero-order valence-electron chi connectivity index (χ0n) is 14.5. The third-order valence-corrected chi connectivity index (χ3v) is 6.13. The standard InChI is InChI=1S/C18H21N3O3S/c1-10-7-19-15(11(2)18(10)23-3)8-25(22)17-5-12-4-13-14(21-9-20-13)6-16(12)24-17/h4,6-7,17,20-21H,5,8-9H2,1-3H3. The molecule has 2 atom stereocenters. The Morgan fingerprint density at radius 3 is 2.84 bits per heavy atom. The summed E-state index contributed by atoms with van der Waals surface area (Å²) in [4.78, 5) is 4.45. The maximum Gasteiger partial charge on any atom is 0.177 e. The van der Waals surface area contributed by atoms with Crippen molar-refractivity contribution in [1.82, 2.24) is 4.98 Å². The van der Waals surface area contributed by atoms with Gasteiger partial charge in [0.25, 0.3) is 0 Å². The van der Waals surface area contributed by atoms with Crippen molar-refractivity contribution in [3.8, 4) is 11.5 Å². The summed E-state index contributed by atoms with van der Waals surface area (Å²) in [7, 11) is 0.469. The zero-order valence-corrected chi connectivity index (χ0v) is 15.3. The van der Waals surface area contributed by atoms with E-state index in [1.165, 1.54) is 0 Å². The van der Waals surface area contributed by atoms with Crippen LogP contribution in [0.25, 0.3) is 0 Å². The van der Waals surface area contributed by atoms with Crippen LogP contribution in [0.4, 0.5) is 11.4 Å². The molecule has 1 aromatic heterocycles. The van der Waals surface area contributed by atoms with Gasteiger partial charge in [0.1, 0.15) is 11.5 Å². The van der Waals surface area contributed by atoms with E-state index in [9.17, 15) is 4.21 Å². The van der Waals surface area contributed by atoms with Crippen molar-refractivity contribution in [3.63, 3.8) is 0 Å². The first-order chi connectivity index (χ1) is 12.1. The highest BCUT2D eigenvalue weighted by atomic mass is 32.2. The fourth-order valence-corrected chi connectivity index (χ4v) is 4.70. The lowest BCUT2D eigenvalue weighted by atomic mass is 10.1.